The van der Waals surface area contributed by atoms with Crippen LogP contribution in [0.3, 0.4) is 0 Å². The van der Waals surface area contributed by atoms with E-state index in [1.807, 2.05) is 0 Å². The lowest BCUT2D eigenvalue weighted by Gasteiger charge is -2.19. The van der Waals surface area contributed by atoms with Crippen molar-refractivity contribution in [3.8, 4) is 16.9 Å². The van der Waals surface area contributed by atoms with Gasteiger partial charge < -0.3 is 20.5 Å². The average Bonchev–Trinajstić information content (AvgIpc) is 2.99. The fourth-order valence-corrected chi connectivity index (χ4v) is 5.77. The lowest BCUT2D eigenvalue weighted by Crippen LogP contribution is -2.30. The number of halogens is 3. The number of hydrogen-bond acceptors (Lipinski definition) is 5. The van der Waals surface area contributed by atoms with Crippen LogP contribution in [0.4, 0.5) is 23.7 Å². The van der Waals surface area contributed by atoms with Gasteiger partial charge in [-0.2, -0.15) is 13.2 Å². The smallest absolute Gasteiger partial charge is 0.416 e. The predicted octanol–water partition coefficient (Wildman–Crippen LogP) is 6.20. The number of methoxy groups -OCH3 is 1. The third-order valence-electron chi connectivity index (χ3n) is 6.52. The van der Waals surface area contributed by atoms with Gasteiger partial charge in [0.1, 0.15) is 10.6 Å². The first-order valence-corrected chi connectivity index (χ1v) is 14.6. The van der Waals surface area contributed by atoms with Crippen molar-refractivity contribution in [1.29, 1.82) is 0 Å². The number of sulfonamides is 1. The standard InChI is InChI=1S/C31H28F3N3O6S/c1-43-27-15-12-23(17-28(27)44(41,42)37-26(18-29(38)39)21-6-3-2-4-7-21)22-8-5-9-25(16-22)36-30(40)35-19-20-10-13-24(14-11-20)31(32,33)34/h2-17,26,37H,18-19H2,1H3,(H,38,39)(H2,35,36,40)/t26-/m1/s1. The molecule has 0 aliphatic carbocycles. The summed E-state index contributed by atoms with van der Waals surface area (Å²) >= 11 is 0. The van der Waals surface area contributed by atoms with Crippen molar-refractivity contribution in [2.24, 2.45) is 0 Å². The number of amides is 2. The zero-order chi connectivity index (χ0) is 31.9. The van der Waals surface area contributed by atoms with Gasteiger partial charge in [-0.3, -0.25) is 4.79 Å². The fourth-order valence-electron chi connectivity index (χ4n) is 4.35. The number of anilines is 1. The molecule has 1 atom stereocenters. The second-order valence-electron chi connectivity index (χ2n) is 9.63. The summed E-state index contributed by atoms with van der Waals surface area (Å²) < 4.78 is 73.1. The van der Waals surface area contributed by atoms with E-state index in [0.717, 1.165) is 12.1 Å². The highest BCUT2D eigenvalue weighted by Gasteiger charge is 2.30. The average molecular weight is 628 g/mol. The van der Waals surface area contributed by atoms with Crippen LogP contribution in [-0.4, -0.2) is 32.6 Å². The number of carbonyl (C=O) groups excluding carboxylic acids is 1. The van der Waals surface area contributed by atoms with Crippen molar-refractivity contribution in [3.63, 3.8) is 0 Å². The molecule has 0 unspecified atom stereocenters. The summed E-state index contributed by atoms with van der Waals surface area (Å²) in [6, 6.07) is 22.2. The van der Waals surface area contributed by atoms with Crippen molar-refractivity contribution < 1.29 is 41.0 Å². The summed E-state index contributed by atoms with van der Waals surface area (Å²) in [7, 11) is -2.97. The van der Waals surface area contributed by atoms with E-state index >= 15 is 0 Å². The number of carbonyl (C=O) groups is 2. The zero-order valence-electron chi connectivity index (χ0n) is 23.3. The molecule has 0 bridgehead atoms. The molecule has 4 rings (SSSR count). The molecule has 0 fully saturated rings. The number of benzene rings is 4. The van der Waals surface area contributed by atoms with Crippen LogP contribution < -0.4 is 20.1 Å². The van der Waals surface area contributed by atoms with Gasteiger partial charge in [0, 0.05) is 12.2 Å². The second-order valence-corrected chi connectivity index (χ2v) is 11.3. The van der Waals surface area contributed by atoms with Crippen LogP contribution in [-0.2, 0) is 27.5 Å². The van der Waals surface area contributed by atoms with Gasteiger partial charge in [-0.1, -0.05) is 60.7 Å². The van der Waals surface area contributed by atoms with Crippen LogP contribution in [0.25, 0.3) is 11.1 Å². The lowest BCUT2D eigenvalue weighted by molar-refractivity contribution is -0.138. The molecular formula is C31H28F3N3O6S. The van der Waals surface area contributed by atoms with Crippen molar-refractivity contribution >= 4 is 27.7 Å². The predicted molar refractivity (Wildman–Crippen MR) is 157 cm³/mol. The number of carboxylic acids is 1. The Hall–Kier alpha value is -4.88. The SMILES string of the molecule is COc1ccc(-c2cccc(NC(=O)NCc3ccc(C(F)(F)F)cc3)c2)cc1S(=O)(=O)N[C@H](CC(=O)O)c1ccccc1. The van der Waals surface area contributed by atoms with Gasteiger partial charge in [-0.25, -0.2) is 17.9 Å². The maximum absolute atomic E-state index is 13.5. The van der Waals surface area contributed by atoms with Crippen molar-refractivity contribution in [2.45, 2.75) is 30.1 Å². The molecule has 0 aliphatic heterocycles. The van der Waals surface area contributed by atoms with Gasteiger partial charge in [-0.15, -0.1) is 0 Å². The summed E-state index contributed by atoms with van der Waals surface area (Å²) in [5, 5.41) is 14.6. The summed E-state index contributed by atoms with van der Waals surface area (Å²) in [6.07, 6.45) is -4.94. The Morgan fingerprint density at radius 1 is 0.886 bits per heavy atom. The first kappa shape index (κ1) is 32.0. The maximum Gasteiger partial charge on any atom is 0.416 e. The van der Waals surface area contributed by atoms with E-state index in [2.05, 4.69) is 15.4 Å². The molecule has 13 heteroatoms. The number of rotatable bonds is 11. The molecule has 44 heavy (non-hydrogen) atoms. The Labute approximate surface area is 251 Å². The Morgan fingerprint density at radius 3 is 2.20 bits per heavy atom. The highest BCUT2D eigenvalue weighted by molar-refractivity contribution is 7.89. The molecule has 4 aromatic rings. The summed E-state index contributed by atoms with van der Waals surface area (Å²) in [6.45, 7) is -0.0117. The van der Waals surface area contributed by atoms with Crippen LogP contribution in [0.1, 0.15) is 29.2 Å². The van der Waals surface area contributed by atoms with Gasteiger partial charge in [0.05, 0.1) is 25.1 Å². The number of carboxylic acid groups (broad SMARTS) is 1. The maximum atomic E-state index is 13.5. The largest absolute Gasteiger partial charge is 0.495 e. The summed E-state index contributed by atoms with van der Waals surface area (Å²) in [5.41, 5.74) is 1.55. The molecule has 0 saturated carbocycles. The topological polar surface area (TPSA) is 134 Å². The van der Waals surface area contributed by atoms with E-state index in [-0.39, 0.29) is 17.2 Å². The summed E-state index contributed by atoms with van der Waals surface area (Å²) in [5.74, 6) is -1.14. The van der Waals surface area contributed by atoms with Gasteiger partial charge in [0.2, 0.25) is 10.0 Å². The molecule has 0 heterocycles. The minimum Gasteiger partial charge on any atom is -0.495 e. The van der Waals surface area contributed by atoms with Crippen LogP contribution in [0, 0.1) is 0 Å². The minimum absolute atomic E-state index is 0.0117. The second kappa shape index (κ2) is 13.6. The molecule has 0 radical (unpaired) electrons. The molecule has 0 spiro atoms. The van der Waals surface area contributed by atoms with Crippen LogP contribution in [0.15, 0.2) is 102 Å². The summed E-state index contributed by atoms with van der Waals surface area (Å²) in [4.78, 5) is 23.8. The van der Waals surface area contributed by atoms with E-state index in [1.165, 1.54) is 31.4 Å². The quantitative estimate of drug-likeness (QED) is 0.157. The van der Waals surface area contributed by atoms with Gasteiger partial charge >= 0.3 is 18.2 Å². The first-order valence-electron chi connectivity index (χ1n) is 13.1. The van der Waals surface area contributed by atoms with Gasteiger partial charge in [-0.05, 0) is 58.7 Å². The molecule has 9 nitrogen and oxygen atoms in total. The normalized spacial score (nSPS) is 12.3. The first-order chi connectivity index (χ1) is 20.9. The lowest BCUT2D eigenvalue weighted by atomic mass is 10.0. The van der Waals surface area contributed by atoms with Crippen molar-refractivity contribution in [1.82, 2.24) is 10.0 Å². The Morgan fingerprint density at radius 2 is 1.57 bits per heavy atom. The Kier molecular flexibility index (Phi) is 9.91. The molecule has 230 valence electrons. The monoisotopic (exact) mass is 627 g/mol. The number of nitrogens with one attached hydrogen (secondary N) is 3. The highest BCUT2D eigenvalue weighted by Crippen LogP contribution is 2.33. The molecule has 2 amide bonds. The highest BCUT2D eigenvalue weighted by atomic mass is 32.2. The Bertz CT molecular complexity index is 1730. The van der Waals surface area contributed by atoms with Crippen LogP contribution in [0.5, 0.6) is 5.75 Å². The number of alkyl halides is 3. The van der Waals surface area contributed by atoms with E-state index in [9.17, 15) is 36.3 Å². The fraction of sp³-hybridized carbons (Fsp3) is 0.161. The van der Waals surface area contributed by atoms with Crippen LogP contribution >= 0.6 is 0 Å². The molecule has 0 saturated heterocycles. The third-order valence-corrected chi connectivity index (χ3v) is 8.01. The van der Waals surface area contributed by atoms with Gasteiger partial charge in [0.25, 0.3) is 0 Å². The third kappa shape index (κ3) is 8.36. The van der Waals surface area contributed by atoms with Crippen LogP contribution in [0.2, 0.25) is 0 Å². The molecule has 4 N–H and O–H groups in total. The number of aliphatic carboxylic acids is 1. The molecular weight excluding hydrogens is 599 g/mol. The van der Waals surface area contributed by atoms with E-state index in [4.69, 9.17) is 4.74 Å². The zero-order valence-corrected chi connectivity index (χ0v) is 24.1. The molecule has 0 aliphatic rings. The Balaban J connectivity index is 1.51. The van der Waals surface area contributed by atoms with E-state index in [1.54, 1.807) is 60.7 Å². The van der Waals surface area contributed by atoms with Crippen molar-refractivity contribution in [3.05, 3.63) is 114 Å². The number of hydrogen-bond donors (Lipinski definition) is 4. The molecule has 0 aromatic heterocycles. The van der Waals surface area contributed by atoms with Gasteiger partial charge in [0.15, 0.2) is 0 Å². The minimum atomic E-state index is -4.45. The van der Waals surface area contributed by atoms with E-state index in [0.29, 0.717) is 27.9 Å². The molecule has 4 aromatic carbocycles. The number of ether oxygens (including phenoxy) is 1. The van der Waals surface area contributed by atoms with E-state index < -0.39 is 46.2 Å². The number of urea groups is 1. The van der Waals surface area contributed by atoms with Crippen molar-refractivity contribution in [2.75, 3.05) is 12.4 Å².